The van der Waals surface area contributed by atoms with Gasteiger partial charge in [0.25, 0.3) is 5.69 Å². The normalized spacial score (nSPS) is 9.48. The summed E-state index contributed by atoms with van der Waals surface area (Å²) in [7, 11) is 0. The van der Waals surface area contributed by atoms with Crippen LogP contribution >= 0.6 is 0 Å². The van der Waals surface area contributed by atoms with E-state index in [9.17, 15) is 29.3 Å². The number of nitro benzene ring substituents is 1. The average molecular weight is 377 g/mol. The first-order valence-electron chi connectivity index (χ1n) is 6.87. The number of hydrogen-bond acceptors (Lipinski definition) is 6. The van der Waals surface area contributed by atoms with Crippen LogP contribution in [0.5, 0.6) is 0 Å². The van der Waals surface area contributed by atoms with Crippen molar-refractivity contribution in [3.63, 3.8) is 0 Å². The molecule has 4 N–H and O–H groups in total. The van der Waals surface area contributed by atoms with Crippen molar-refractivity contribution in [2.75, 3.05) is 0 Å². The number of carbonyl (C=O) groups is 4. The van der Waals surface area contributed by atoms with Gasteiger partial charge in [0, 0.05) is 6.07 Å². The van der Waals surface area contributed by atoms with Crippen LogP contribution in [0.25, 0.3) is 0 Å². The minimum Gasteiger partial charge on any atom is -0.478 e. The van der Waals surface area contributed by atoms with Gasteiger partial charge in [0.1, 0.15) is 0 Å². The minimum atomic E-state index is -1.64. The van der Waals surface area contributed by atoms with E-state index in [0.717, 1.165) is 18.2 Å². The molecule has 0 unspecified atom stereocenters. The maximum absolute atomic E-state index is 10.7. The molecule has 0 heterocycles. The Hall–Kier alpha value is -4.28. The molecule has 0 spiro atoms. The summed E-state index contributed by atoms with van der Waals surface area (Å²) in [6.45, 7) is 0. The molecule has 140 valence electrons. The van der Waals surface area contributed by atoms with Gasteiger partial charge in [0.05, 0.1) is 21.6 Å². The lowest BCUT2D eigenvalue weighted by Crippen LogP contribution is -2.10. The van der Waals surface area contributed by atoms with E-state index in [0.29, 0.717) is 0 Å². The summed E-state index contributed by atoms with van der Waals surface area (Å²) in [6, 6.07) is 8.53. The second-order valence-corrected chi connectivity index (χ2v) is 4.72. The van der Waals surface area contributed by atoms with Gasteiger partial charge in [-0.25, -0.2) is 19.2 Å². The maximum Gasteiger partial charge on any atom is 0.343 e. The van der Waals surface area contributed by atoms with Gasteiger partial charge < -0.3 is 20.4 Å². The molecular weight excluding hydrogens is 366 g/mol. The molecule has 0 aliphatic rings. The Kier molecular flexibility index (Phi) is 6.70. The average Bonchev–Trinajstić information content (AvgIpc) is 2.61. The second-order valence-electron chi connectivity index (χ2n) is 4.72. The van der Waals surface area contributed by atoms with Crippen LogP contribution < -0.4 is 0 Å². The van der Waals surface area contributed by atoms with Crippen molar-refractivity contribution in [3.8, 4) is 0 Å². The van der Waals surface area contributed by atoms with Gasteiger partial charge in [0.2, 0.25) is 0 Å². The van der Waals surface area contributed by atoms with Crippen molar-refractivity contribution < 1.29 is 44.5 Å². The zero-order valence-electron chi connectivity index (χ0n) is 13.2. The number of rotatable bonds is 5. The highest BCUT2D eigenvalue weighted by molar-refractivity contribution is 6.04. The van der Waals surface area contributed by atoms with Crippen molar-refractivity contribution in [1.29, 1.82) is 0 Å². The fraction of sp³-hybridized carbons (Fsp3) is 0. The Morgan fingerprint density at radius 3 is 1.41 bits per heavy atom. The van der Waals surface area contributed by atoms with Crippen LogP contribution in [0.4, 0.5) is 5.69 Å². The van der Waals surface area contributed by atoms with Crippen molar-refractivity contribution in [2.45, 2.75) is 0 Å². The molecule has 0 radical (unpaired) electrons. The zero-order chi connectivity index (χ0) is 20.7. The third kappa shape index (κ3) is 5.09. The first kappa shape index (κ1) is 20.8. The van der Waals surface area contributed by atoms with Crippen LogP contribution in [0.2, 0.25) is 0 Å². The predicted octanol–water partition coefficient (Wildman–Crippen LogP) is 2.07. The number of benzene rings is 2. The van der Waals surface area contributed by atoms with Crippen molar-refractivity contribution in [3.05, 3.63) is 74.8 Å². The van der Waals surface area contributed by atoms with Crippen LogP contribution in [0.15, 0.2) is 42.5 Å². The SMILES string of the molecule is O=C(O)c1cccc([N+](=O)[O-])c1C(=O)O.O=C(O)c1ccccc1C(=O)O. The fourth-order valence-electron chi connectivity index (χ4n) is 1.95. The molecule has 0 fully saturated rings. The van der Waals surface area contributed by atoms with Crippen molar-refractivity contribution >= 4 is 29.6 Å². The number of hydrogen-bond donors (Lipinski definition) is 4. The molecule has 2 rings (SSSR count). The highest BCUT2D eigenvalue weighted by Gasteiger charge is 2.26. The summed E-state index contributed by atoms with van der Waals surface area (Å²) in [5.41, 5.74) is -2.52. The van der Waals surface area contributed by atoms with Gasteiger partial charge in [-0.05, 0) is 18.2 Å². The van der Waals surface area contributed by atoms with E-state index in [1.165, 1.54) is 24.3 Å². The van der Waals surface area contributed by atoms with E-state index < -0.39 is 45.6 Å². The smallest absolute Gasteiger partial charge is 0.343 e. The summed E-state index contributed by atoms with van der Waals surface area (Å²) in [5.74, 6) is -5.61. The summed E-state index contributed by atoms with van der Waals surface area (Å²) >= 11 is 0. The van der Waals surface area contributed by atoms with E-state index in [2.05, 4.69) is 0 Å². The maximum atomic E-state index is 10.7. The number of aromatic carboxylic acids is 4. The molecule has 0 aliphatic heterocycles. The van der Waals surface area contributed by atoms with E-state index >= 15 is 0 Å². The van der Waals surface area contributed by atoms with Crippen LogP contribution in [0.1, 0.15) is 41.4 Å². The summed E-state index contributed by atoms with van der Waals surface area (Å²) < 4.78 is 0. The van der Waals surface area contributed by atoms with Gasteiger partial charge >= 0.3 is 23.9 Å². The summed E-state index contributed by atoms with van der Waals surface area (Å²) in [5, 5.41) is 44.9. The molecular formula is C16H11NO10. The molecule has 0 aromatic heterocycles. The Balaban J connectivity index is 0.000000277. The monoisotopic (exact) mass is 377 g/mol. The van der Waals surface area contributed by atoms with Gasteiger partial charge in [-0.2, -0.15) is 0 Å². The third-order valence-electron chi connectivity index (χ3n) is 3.07. The molecule has 2 aromatic carbocycles. The molecule has 0 saturated heterocycles. The van der Waals surface area contributed by atoms with E-state index in [-0.39, 0.29) is 11.1 Å². The van der Waals surface area contributed by atoms with Gasteiger partial charge in [-0.1, -0.05) is 18.2 Å². The van der Waals surface area contributed by atoms with Crippen LogP contribution in [0, 0.1) is 10.1 Å². The first-order chi connectivity index (χ1) is 12.6. The first-order valence-corrected chi connectivity index (χ1v) is 6.87. The highest BCUT2D eigenvalue weighted by atomic mass is 16.6. The number of nitrogens with zero attached hydrogens (tertiary/aromatic N) is 1. The minimum absolute atomic E-state index is 0.190. The van der Waals surface area contributed by atoms with E-state index in [1.807, 2.05) is 0 Å². The molecule has 27 heavy (non-hydrogen) atoms. The number of carboxylic acids is 4. The largest absolute Gasteiger partial charge is 0.478 e. The van der Waals surface area contributed by atoms with E-state index in [1.54, 1.807) is 0 Å². The predicted molar refractivity (Wildman–Crippen MR) is 87.4 cm³/mol. The topological polar surface area (TPSA) is 192 Å². The lowest BCUT2D eigenvalue weighted by molar-refractivity contribution is -0.385. The molecule has 2 aromatic rings. The molecule has 11 nitrogen and oxygen atoms in total. The molecule has 0 amide bonds. The standard InChI is InChI=1S/C8H5NO6.C8H6O4/c10-7(11)4-2-1-3-5(9(14)15)6(4)8(12)13;9-7(10)5-3-1-2-4-6(5)8(11)12/h1-3H,(H,10,11)(H,12,13);1-4H,(H,9,10)(H,11,12). The quantitative estimate of drug-likeness (QED) is 0.442. The third-order valence-corrected chi connectivity index (χ3v) is 3.07. The summed E-state index contributed by atoms with van der Waals surface area (Å²) in [6.07, 6.45) is 0. The summed E-state index contributed by atoms with van der Waals surface area (Å²) in [4.78, 5) is 51.7. The Morgan fingerprint density at radius 1 is 0.667 bits per heavy atom. The molecule has 0 atom stereocenters. The Labute approximate surface area is 149 Å². The van der Waals surface area contributed by atoms with Crippen LogP contribution in [0.3, 0.4) is 0 Å². The second kappa shape index (κ2) is 8.71. The van der Waals surface area contributed by atoms with Crippen LogP contribution in [-0.2, 0) is 0 Å². The lowest BCUT2D eigenvalue weighted by Gasteiger charge is -2.01. The van der Waals surface area contributed by atoms with Gasteiger partial charge in [-0.3, -0.25) is 10.1 Å². The zero-order valence-corrected chi connectivity index (χ0v) is 13.2. The lowest BCUT2D eigenvalue weighted by atomic mass is 10.1. The van der Waals surface area contributed by atoms with Crippen molar-refractivity contribution in [2.24, 2.45) is 0 Å². The highest BCUT2D eigenvalue weighted by Crippen LogP contribution is 2.22. The molecule has 0 saturated carbocycles. The fourth-order valence-corrected chi connectivity index (χ4v) is 1.95. The Bertz CT molecular complexity index is 869. The number of nitro groups is 1. The Morgan fingerprint density at radius 2 is 1.07 bits per heavy atom. The number of carboxylic acid groups (broad SMARTS) is 4. The van der Waals surface area contributed by atoms with Gasteiger partial charge in [-0.15, -0.1) is 0 Å². The van der Waals surface area contributed by atoms with E-state index in [4.69, 9.17) is 20.4 Å². The molecule has 11 heteroatoms. The molecule has 0 aliphatic carbocycles. The van der Waals surface area contributed by atoms with Crippen molar-refractivity contribution in [1.82, 2.24) is 0 Å². The van der Waals surface area contributed by atoms with Gasteiger partial charge in [0.15, 0.2) is 5.56 Å². The van der Waals surface area contributed by atoms with Crippen LogP contribution in [-0.4, -0.2) is 49.2 Å². The molecule has 0 bridgehead atoms.